The van der Waals surface area contributed by atoms with E-state index in [4.69, 9.17) is 4.74 Å². The van der Waals surface area contributed by atoms with Crippen LogP contribution in [0.3, 0.4) is 0 Å². The maximum absolute atomic E-state index is 12.6. The van der Waals surface area contributed by atoms with Gasteiger partial charge in [-0.1, -0.05) is 43.0 Å². The van der Waals surface area contributed by atoms with E-state index in [1.807, 2.05) is 30.3 Å². The molecule has 0 radical (unpaired) electrons. The van der Waals surface area contributed by atoms with Crippen LogP contribution in [0.25, 0.3) is 0 Å². The number of aromatic nitrogens is 2. The Bertz CT molecular complexity index is 804. The zero-order chi connectivity index (χ0) is 17.3. The number of H-pyrrole nitrogens is 2. The molecule has 2 aromatic rings. The van der Waals surface area contributed by atoms with Crippen molar-refractivity contribution < 1.29 is 14.6 Å². The molecule has 126 valence electrons. The van der Waals surface area contributed by atoms with Crippen molar-refractivity contribution in [1.82, 2.24) is 10.2 Å². The summed E-state index contributed by atoms with van der Waals surface area (Å²) in [6, 6.07) is 9.22. The van der Waals surface area contributed by atoms with Gasteiger partial charge in [-0.05, 0) is 12.5 Å². The second-order valence-corrected chi connectivity index (χ2v) is 6.29. The highest BCUT2D eigenvalue weighted by molar-refractivity contribution is 5.77. The largest absolute Gasteiger partial charge is 0.461 e. The first-order valence-corrected chi connectivity index (χ1v) is 7.80. The molecule has 1 heterocycles. The molecule has 3 atom stereocenters. The van der Waals surface area contributed by atoms with Gasteiger partial charge in [0.2, 0.25) is 0 Å². The summed E-state index contributed by atoms with van der Waals surface area (Å²) in [7, 11) is 0. The summed E-state index contributed by atoms with van der Waals surface area (Å²) >= 11 is 0. The van der Waals surface area contributed by atoms with Gasteiger partial charge < -0.3 is 14.9 Å². The van der Waals surface area contributed by atoms with Gasteiger partial charge in [0.1, 0.15) is 6.61 Å². The molecule has 6 nitrogen and oxygen atoms in total. The van der Waals surface area contributed by atoms with Crippen molar-refractivity contribution in [2.24, 2.45) is 5.92 Å². The average molecular weight is 328 g/mol. The number of ether oxygens (including phenoxy) is 1. The van der Waals surface area contributed by atoms with Crippen molar-refractivity contribution in [3.8, 4) is 0 Å². The van der Waals surface area contributed by atoms with E-state index in [1.54, 1.807) is 6.92 Å². The van der Waals surface area contributed by atoms with Gasteiger partial charge in [0, 0.05) is 23.6 Å². The Balaban J connectivity index is 2.16. The number of benzene rings is 1. The van der Waals surface area contributed by atoms with Crippen molar-refractivity contribution in [1.29, 1.82) is 0 Å². The molecule has 0 saturated heterocycles. The Morgan fingerprint density at radius 1 is 1.42 bits per heavy atom. The minimum atomic E-state index is -1.35. The molecule has 1 aromatic carbocycles. The number of aromatic amines is 2. The van der Waals surface area contributed by atoms with Crippen molar-refractivity contribution in [2.45, 2.75) is 24.9 Å². The van der Waals surface area contributed by atoms with Crippen LogP contribution in [0.2, 0.25) is 0 Å². The zero-order valence-corrected chi connectivity index (χ0v) is 13.4. The molecule has 0 aliphatic heterocycles. The monoisotopic (exact) mass is 328 g/mol. The van der Waals surface area contributed by atoms with Gasteiger partial charge in [0.05, 0.1) is 11.5 Å². The standard InChI is InChI=1S/C18H20N2O4/c1-3-9-24-17(22)15-13(11-7-5-4-6-8-11)14-12(10-18(15,2)23)19-20-16(14)21/h3-8,13,15,23H,1,9-10H2,2H3,(H2,19,20,21)/t13-,15+,18+/m1/s1. The molecule has 3 N–H and O–H groups in total. The number of aliphatic hydroxyl groups is 1. The summed E-state index contributed by atoms with van der Waals surface area (Å²) < 4.78 is 5.21. The lowest BCUT2D eigenvalue weighted by Crippen LogP contribution is -2.50. The van der Waals surface area contributed by atoms with Crippen LogP contribution >= 0.6 is 0 Å². The summed E-state index contributed by atoms with van der Waals surface area (Å²) in [6.45, 7) is 5.19. The van der Waals surface area contributed by atoms with Crippen molar-refractivity contribution >= 4 is 5.97 Å². The van der Waals surface area contributed by atoms with Gasteiger partial charge in [0.15, 0.2) is 0 Å². The molecule has 0 fully saturated rings. The van der Waals surface area contributed by atoms with Gasteiger partial charge in [-0.15, -0.1) is 0 Å². The molecule has 1 aliphatic carbocycles. The summed E-state index contributed by atoms with van der Waals surface area (Å²) in [4.78, 5) is 25.0. The molecule has 0 spiro atoms. The number of rotatable bonds is 4. The van der Waals surface area contributed by atoms with Gasteiger partial charge in [0.25, 0.3) is 5.56 Å². The van der Waals surface area contributed by atoms with E-state index < -0.39 is 23.4 Å². The maximum atomic E-state index is 12.6. The Morgan fingerprint density at radius 2 is 2.12 bits per heavy atom. The molecule has 3 rings (SSSR count). The average Bonchev–Trinajstić information content (AvgIpc) is 2.91. The van der Waals surface area contributed by atoms with Crippen molar-refractivity contribution in [3.05, 3.63) is 70.2 Å². The predicted octanol–water partition coefficient (Wildman–Crippen LogP) is 1.49. The predicted molar refractivity (Wildman–Crippen MR) is 88.7 cm³/mol. The third-order valence-electron chi connectivity index (χ3n) is 4.50. The smallest absolute Gasteiger partial charge is 0.313 e. The van der Waals surface area contributed by atoms with Gasteiger partial charge in [-0.3, -0.25) is 14.7 Å². The number of hydrogen-bond acceptors (Lipinski definition) is 4. The molecule has 0 amide bonds. The Morgan fingerprint density at radius 3 is 2.79 bits per heavy atom. The van der Waals surface area contributed by atoms with E-state index in [9.17, 15) is 14.7 Å². The quantitative estimate of drug-likeness (QED) is 0.585. The second kappa shape index (κ2) is 6.13. The first-order valence-electron chi connectivity index (χ1n) is 7.80. The lowest BCUT2D eigenvalue weighted by Gasteiger charge is -2.40. The minimum absolute atomic E-state index is 0.0588. The van der Waals surface area contributed by atoms with E-state index in [0.717, 1.165) is 5.56 Å². The normalized spacial score (nSPS) is 25.8. The minimum Gasteiger partial charge on any atom is -0.461 e. The summed E-state index contributed by atoms with van der Waals surface area (Å²) in [5.74, 6) is -2.01. The fourth-order valence-electron chi connectivity index (χ4n) is 3.51. The zero-order valence-electron chi connectivity index (χ0n) is 13.4. The highest BCUT2D eigenvalue weighted by Gasteiger charge is 2.51. The molecule has 24 heavy (non-hydrogen) atoms. The van der Waals surface area contributed by atoms with E-state index in [1.165, 1.54) is 6.08 Å². The van der Waals surface area contributed by atoms with Gasteiger partial charge in [-0.25, -0.2) is 0 Å². The van der Waals surface area contributed by atoms with Crippen LogP contribution in [0, 0.1) is 5.92 Å². The number of hydrogen-bond donors (Lipinski definition) is 3. The highest BCUT2D eigenvalue weighted by atomic mass is 16.5. The molecule has 0 saturated carbocycles. The van der Waals surface area contributed by atoms with Crippen molar-refractivity contribution in [3.63, 3.8) is 0 Å². The Kier molecular flexibility index (Phi) is 4.15. The third-order valence-corrected chi connectivity index (χ3v) is 4.50. The first-order chi connectivity index (χ1) is 11.5. The number of carbonyl (C=O) groups excluding carboxylic acids is 1. The maximum Gasteiger partial charge on any atom is 0.313 e. The van der Waals surface area contributed by atoms with Crippen LogP contribution in [-0.2, 0) is 16.0 Å². The first kappa shape index (κ1) is 16.3. The van der Waals surface area contributed by atoms with Crippen molar-refractivity contribution in [2.75, 3.05) is 6.61 Å². The van der Waals surface area contributed by atoms with Gasteiger partial charge >= 0.3 is 5.97 Å². The molecule has 0 bridgehead atoms. The van der Waals surface area contributed by atoms with Crippen LogP contribution in [0.5, 0.6) is 0 Å². The number of nitrogens with one attached hydrogen (secondary N) is 2. The van der Waals surface area contributed by atoms with E-state index >= 15 is 0 Å². The molecule has 1 aliphatic rings. The fraction of sp³-hybridized carbons (Fsp3) is 0.333. The van der Waals surface area contributed by atoms with E-state index in [0.29, 0.717) is 11.3 Å². The molecule has 6 heteroatoms. The second-order valence-electron chi connectivity index (χ2n) is 6.29. The van der Waals surface area contributed by atoms with E-state index in [-0.39, 0.29) is 18.6 Å². The van der Waals surface area contributed by atoms with Crippen LogP contribution in [-0.4, -0.2) is 33.5 Å². The fourth-order valence-corrected chi connectivity index (χ4v) is 3.51. The highest BCUT2D eigenvalue weighted by Crippen LogP contribution is 2.44. The lowest BCUT2D eigenvalue weighted by atomic mass is 9.66. The van der Waals surface area contributed by atoms with Crippen LogP contribution in [0.15, 0.2) is 47.8 Å². The topological polar surface area (TPSA) is 95.2 Å². The molecular weight excluding hydrogens is 308 g/mol. The lowest BCUT2D eigenvalue weighted by molar-refractivity contribution is -0.158. The molecule has 1 aromatic heterocycles. The number of esters is 1. The SMILES string of the molecule is C=CCOC(=O)[C@@H]1[C@H](c2ccccc2)c2c([nH][nH]c2=O)C[C@]1(C)O. The van der Waals surface area contributed by atoms with Crippen LogP contribution < -0.4 is 5.56 Å². The third kappa shape index (κ3) is 2.69. The molecule has 0 unspecified atom stereocenters. The summed E-state index contributed by atoms with van der Waals surface area (Å²) in [6.07, 6.45) is 1.64. The van der Waals surface area contributed by atoms with Gasteiger partial charge in [-0.2, -0.15) is 0 Å². The summed E-state index contributed by atoms with van der Waals surface area (Å²) in [5.41, 5.74) is 0.247. The summed E-state index contributed by atoms with van der Waals surface area (Å²) in [5, 5.41) is 16.3. The molecular formula is C18H20N2O4. The van der Waals surface area contributed by atoms with Crippen LogP contribution in [0.4, 0.5) is 0 Å². The number of carbonyl (C=O) groups is 1. The Hall–Kier alpha value is -2.60. The van der Waals surface area contributed by atoms with E-state index in [2.05, 4.69) is 16.8 Å². The van der Waals surface area contributed by atoms with Crippen LogP contribution in [0.1, 0.15) is 29.7 Å². The number of fused-ring (bicyclic) bond motifs is 1. The Labute approximate surface area is 139 Å².